The molecule has 27 heavy (non-hydrogen) atoms. The lowest BCUT2D eigenvalue weighted by Gasteiger charge is -2.14. The van der Waals surface area contributed by atoms with Crippen LogP contribution in [0.3, 0.4) is 0 Å². The monoisotopic (exact) mass is 355 g/mol. The SMILES string of the molecule is O=[N+]([O-])c1cccc(C2C3C(c4ccccc4)=NC(c4ccccc4)N32)c1. The Morgan fingerprint density at radius 3 is 2.19 bits per heavy atom. The first-order chi connectivity index (χ1) is 13.2. The average molecular weight is 355 g/mol. The van der Waals surface area contributed by atoms with Crippen molar-refractivity contribution in [2.75, 3.05) is 0 Å². The fraction of sp³-hybridized carbons (Fsp3) is 0.136. The number of aliphatic imine (C=N–C) groups is 1. The van der Waals surface area contributed by atoms with E-state index in [1.165, 1.54) is 6.07 Å². The molecule has 0 amide bonds. The van der Waals surface area contributed by atoms with Gasteiger partial charge < -0.3 is 0 Å². The van der Waals surface area contributed by atoms with E-state index >= 15 is 0 Å². The largest absolute Gasteiger partial charge is 0.269 e. The van der Waals surface area contributed by atoms with E-state index in [2.05, 4.69) is 29.2 Å². The van der Waals surface area contributed by atoms with Crippen LogP contribution in [0.1, 0.15) is 28.9 Å². The lowest BCUT2D eigenvalue weighted by Crippen LogP contribution is -2.08. The van der Waals surface area contributed by atoms with Gasteiger partial charge in [-0.15, -0.1) is 0 Å². The minimum Gasteiger partial charge on any atom is -0.263 e. The topological polar surface area (TPSA) is 58.5 Å². The van der Waals surface area contributed by atoms with Crippen LogP contribution in [-0.4, -0.2) is 21.6 Å². The maximum absolute atomic E-state index is 11.2. The van der Waals surface area contributed by atoms with E-state index < -0.39 is 0 Å². The number of fused-ring (bicyclic) bond motifs is 1. The Labute approximate surface area is 156 Å². The number of nitro benzene ring substituents is 1. The van der Waals surface area contributed by atoms with Crippen LogP contribution in [-0.2, 0) is 0 Å². The molecule has 5 nitrogen and oxygen atoms in total. The second-order valence-corrected chi connectivity index (χ2v) is 6.85. The van der Waals surface area contributed by atoms with E-state index in [-0.39, 0.29) is 28.9 Å². The standard InChI is InChI=1S/C22H17N3O2/c26-25(27)18-13-7-12-17(14-18)20-21-19(15-8-3-1-4-9-15)23-22(24(20)21)16-10-5-2-6-11-16/h1-14,20-22H. The highest BCUT2D eigenvalue weighted by molar-refractivity contribution is 6.08. The third kappa shape index (κ3) is 2.64. The first kappa shape index (κ1) is 15.9. The van der Waals surface area contributed by atoms with E-state index in [4.69, 9.17) is 4.99 Å². The lowest BCUT2D eigenvalue weighted by molar-refractivity contribution is -0.384. The van der Waals surface area contributed by atoms with Crippen molar-refractivity contribution in [2.24, 2.45) is 4.99 Å². The summed E-state index contributed by atoms with van der Waals surface area (Å²) in [5, 5.41) is 11.2. The second-order valence-electron chi connectivity index (χ2n) is 6.85. The molecule has 1 fully saturated rings. The van der Waals surface area contributed by atoms with Crippen molar-refractivity contribution in [3.05, 3.63) is 112 Å². The molecule has 0 bridgehead atoms. The number of hydrogen-bond acceptors (Lipinski definition) is 4. The van der Waals surface area contributed by atoms with Gasteiger partial charge in [-0.05, 0) is 16.7 Å². The molecule has 2 aliphatic heterocycles. The number of benzene rings is 3. The quantitative estimate of drug-likeness (QED) is 0.393. The summed E-state index contributed by atoms with van der Waals surface area (Å²) in [5.41, 5.74) is 4.41. The Kier molecular flexibility index (Phi) is 3.62. The molecule has 4 unspecified atom stereocenters. The fourth-order valence-electron chi connectivity index (χ4n) is 4.02. The zero-order valence-electron chi connectivity index (χ0n) is 14.5. The predicted octanol–water partition coefficient (Wildman–Crippen LogP) is 4.52. The van der Waals surface area contributed by atoms with Gasteiger partial charge in [0.25, 0.3) is 5.69 Å². The Hall–Kier alpha value is -3.31. The maximum Gasteiger partial charge on any atom is 0.269 e. The average Bonchev–Trinajstić information content (AvgIpc) is 3.33. The van der Waals surface area contributed by atoms with Gasteiger partial charge in [-0.3, -0.25) is 20.0 Å². The fourth-order valence-corrected chi connectivity index (χ4v) is 4.02. The summed E-state index contributed by atoms with van der Waals surface area (Å²) >= 11 is 0. The molecule has 2 heterocycles. The van der Waals surface area contributed by atoms with Crippen molar-refractivity contribution in [2.45, 2.75) is 18.2 Å². The summed E-state index contributed by atoms with van der Waals surface area (Å²) in [6.45, 7) is 0. The van der Waals surface area contributed by atoms with Crippen LogP contribution in [0.25, 0.3) is 0 Å². The molecule has 0 saturated carbocycles. The van der Waals surface area contributed by atoms with Crippen molar-refractivity contribution in [3.63, 3.8) is 0 Å². The molecule has 1 saturated heterocycles. The van der Waals surface area contributed by atoms with Crippen LogP contribution >= 0.6 is 0 Å². The summed E-state index contributed by atoms with van der Waals surface area (Å²) in [7, 11) is 0. The molecule has 4 atom stereocenters. The van der Waals surface area contributed by atoms with Gasteiger partial charge in [0.2, 0.25) is 0 Å². The van der Waals surface area contributed by atoms with Gasteiger partial charge in [0.1, 0.15) is 6.17 Å². The summed E-state index contributed by atoms with van der Waals surface area (Å²) in [6.07, 6.45) is -0.0596. The van der Waals surface area contributed by atoms with Crippen LogP contribution < -0.4 is 0 Å². The molecular formula is C22H17N3O2. The molecule has 5 heteroatoms. The molecule has 0 aliphatic carbocycles. The molecule has 5 rings (SSSR count). The third-order valence-corrected chi connectivity index (χ3v) is 5.27. The molecule has 0 aromatic heterocycles. The summed E-state index contributed by atoms with van der Waals surface area (Å²) in [5.74, 6) is 0. The number of nitrogens with zero attached hydrogens (tertiary/aromatic N) is 3. The normalized spacial score (nSPS) is 25.6. The number of non-ortho nitro benzene ring substituents is 1. The molecule has 3 aromatic carbocycles. The first-order valence-corrected chi connectivity index (χ1v) is 8.94. The van der Waals surface area contributed by atoms with E-state index in [1.807, 2.05) is 42.5 Å². The molecular weight excluding hydrogens is 338 g/mol. The van der Waals surface area contributed by atoms with Gasteiger partial charge in [0, 0.05) is 12.1 Å². The number of nitro groups is 1. The Morgan fingerprint density at radius 2 is 1.48 bits per heavy atom. The molecule has 132 valence electrons. The summed E-state index contributed by atoms with van der Waals surface area (Å²) in [4.78, 5) is 18.2. The van der Waals surface area contributed by atoms with Gasteiger partial charge in [0.05, 0.1) is 22.7 Å². The van der Waals surface area contributed by atoms with Gasteiger partial charge in [-0.1, -0.05) is 72.8 Å². The predicted molar refractivity (Wildman–Crippen MR) is 104 cm³/mol. The van der Waals surface area contributed by atoms with E-state index in [9.17, 15) is 10.1 Å². The highest BCUT2D eigenvalue weighted by atomic mass is 16.6. The van der Waals surface area contributed by atoms with Crippen molar-refractivity contribution in [1.82, 2.24) is 4.90 Å². The summed E-state index contributed by atoms with van der Waals surface area (Å²) in [6, 6.07) is 27.6. The van der Waals surface area contributed by atoms with Crippen LogP contribution in [0.4, 0.5) is 5.69 Å². The van der Waals surface area contributed by atoms with Gasteiger partial charge in [-0.25, -0.2) is 0 Å². The van der Waals surface area contributed by atoms with E-state index in [1.54, 1.807) is 12.1 Å². The van der Waals surface area contributed by atoms with E-state index in [0.29, 0.717) is 0 Å². The van der Waals surface area contributed by atoms with E-state index in [0.717, 1.165) is 22.4 Å². The highest BCUT2D eigenvalue weighted by Gasteiger charge is 2.59. The molecule has 2 aliphatic rings. The zero-order valence-corrected chi connectivity index (χ0v) is 14.5. The lowest BCUT2D eigenvalue weighted by atomic mass is 10.0. The maximum atomic E-state index is 11.2. The number of hydrogen-bond donors (Lipinski definition) is 0. The van der Waals surface area contributed by atoms with Crippen molar-refractivity contribution >= 4 is 11.4 Å². The van der Waals surface area contributed by atoms with Gasteiger partial charge in [-0.2, -0.15) is 0 Å². The minimum atomic E-state index is -0.335. The van der Waals surface area contributed by atoms with Crippen molar-refractivity contribution in [1.29, 1.82) is 0 Å². The second kappa shape index (κ2) is 6.14. The molecule has 0 radical (unpaired) electrons. The molecule has 0 spiro atoms. The summed E-state index contributed by atoms with van der Waals surface area (Å²) < 4.78 is 0. The minimum absolute atomic E-state index is 0.0596. The van der Waals surface area contributed by atoms with Crippen molar-refractivity contribution < 1.29 is 4.92 Å². The zero-order chi connectivity index (χ0) is 18.4. The van der Waals surface area contributed by atoms with Gasteiger partial charge in [0.15, 0.2) is 0 Å². The highest BCUT2D eigenvalue weighted by Crippen LogP contribution is 2.55. The van der Waals surface area contributed by atoms with Crippen LogP contribution in [0.15, 0.2) is 89.9 Å². The van der Waals surface area contributed by atoms with Crippen LogP contribution in [0.5, 0.6) is 0 Å². The Morgan fingerprint density at radius 1 is 0.815 bits per heavy atom. The van der Waals surface area contributed by atoms with Gasteiger partial charge >= 0.3 is 0 Å². The first-order valence-electron chi connectivity index (χ1n) is 8.94. The van der Waals surface area contributed by atoms with Crippen LogP contribution in [0, 0.1) is 10.1 Å². The number of rotatable bonds is 4. The molecule has 3 aromatic rings. The van der Waals surface area contributed by atoms with Crippen molar-refractivity contribution in [3.8, 4) is 0 Å². The third-order valence-electron chi connectivity index (χ3n) is 5.27. The smallest absolute Gasteiger partial charge is 0.263 e. The molecule has 0 N–H and O–H groups in total. The Balaban J connectivity index is 1.56. The Bertz CT molecular complexity index is 1030. The van der Waals surface area contributed by atoms with Crippen LogP contribution in [0.2, 0.25) is 0 Å².